The van der Waals surface area contributed by atoms with Crippen LogP contribution in [0.4, 0.5) is 0 Å². The predicted molar refractivity (Wildman–Crippen MR) is 63.7 cm³/mol. The summed E-state index contributed by atoms with van der Waals surface area (Å²) in [5, 5.41) is 0.900. The van der Waals surface area contributed by atoms with E-state index in [2.05, 4.69) is 0 Å². The number of nitrogens with zero attached hydrogens (tertiary/aromatic N) is 1. The molecule has 0 saturated heterocycles. The van der Waals surface area contributed by atoms with Crippen LogP contribution in [0.3, 0.4) is 0 Å². The van der Waals surface area contributed by atoms with E-state index in [-0.39, 0.29) is 5.78 Å². The number of carbonyl (C=O) groups excluding carboxylic acids is 1. The van der Waals surface area contributed by atoms with E-state index in [1.807, 2.05) is 43.1 Å². The molecule has 0 fully saturated rings. The van der Waals surface area contributed by atoms with E-state index >= 15 is 0 Å². The van der Waals surface area contributed by atoms with Gasteiger partial charge in [-0.25, -0.2) is 0 Å². The van der Waals surface area contributed by atoms with Crippen LogP contribution in [0.5, 0.6) is 0 Å². The SMILES string of the molecule is CCN(C)CC(=O)c1coc2ccccc12. The van der Waals surface area contributed by atoms with E-state index in [1.165, 1.54) is 0 Å². The number of para-hydroxylation sites is 1. The number of hydrogen-bond acceptors (Lipinski definition) is 3. The second kappa shape index (κ2) is 4.49. The number of furan rings is 1. The van der Waals surface area contributed by atoms with Gasteiger partial charge in [-0.05, 0) is 19.7 Å². The zero-order valence-corrected chi connectivity index (χ0v) is 9.56. The summed E-state index contributed by atoms with van der Waals surface area (Å²) in [6, 6.07) is 7.60. The number of rotatable bonds is 4. The summed E-state index contributed by atoms with van der Waals surface area (Å²) in [6.07, 6.45) is 1.55. The number of likely N-dealkylation sites (N-methyl/N-ethyl adjacent to an activating group) is 1. The lowest BCUT2D eigenvalue weighted by molar-refractivity contribution is 0.0949. The summed E-state index contributed by atoms with van der Waals surface area (Å²) < 4.78 is 5.35. The van der Waals surface area contributed by atoms with Crippen LogP contribution in [0.2, 0.25) is 0 Å². The molecular weight excluding hydrogens is 202 g/mol. The second-order valence-corrected chi connectivity index (χ2v) is 3.90. The van der Waals surface area contributed by atoms with E-state index in [0.29, 0.717) is 12.1 Å². The highest BCUT2D eigenvalue weighted by Gasteiger charge is 2.14. The minimum atomic E-state index is 0.106. The average molecular weight is 217 g/mol. The molecule has 2 rings (SSSR count). The first-order valence-corrected chi connectivity index (χ1v) is 5.40. The van der Waals surface area contributed by atoms with E-state index in [9.17, 15) is 4.79 Å². The third-order valence-electron chi connectivity index (χ3n) is 2.73. The van der Waals surface area contributed by atoms with Crippen molar-refractivity contribution in [2.45, 2.75) is 6.92 Å². The third kappa shape index (κ3) is 1.99. The molecule has 2 aromatic rings. The van der Waals surface area contributed by atoms with Gasteiger partial charge in [-0.3, -0.25) is 9.69 Å². The molecule has 0 amide bonds. The van der Waals surface area contributed by atoms with Crippen molar-refractivity contribution in [2.75, 3.05) is 20.1 Å². The van der Waals surface area contributed by atoms with Gasteiger partial charge >= 0.3 is 0 Å². The molecule has 0 spiro atoms. The maximum atomic E-state index is 12.0. The molecule has 0 atom stereocenters. The summed E-state index contributed by atoms with van der Waals surface area (Å²) in [7, 11) is 1.93. The first kappa shape index (κ1) is 10.9. The Morgan fingerprint density at radius 2 is 2.12 bits per heavy atom. The summed E-state index contributed by atoms with van der Waals surface area (Å²) >= 11 is 0. The Balaban J connectivity index is 2.30. The summed E-state index contributed by atoms with van der Waals surface area (Å²) in [6.45, 7) is 3.32. The van der Waals surface area contributed by atoms with E-state index in [4.69, 9.17) is 4.42 Å². The highest BCUT2D eigenvalue weighted by molar-refractivity contribution is 6.08. The van der Waals surface area contributed by atoms with E-state index < -0.39 is 0 Å². The Labute approximate surface area is 94.7 Å². The standard InChI is InChI=1S/C13H15NO2/c1-3-14(2)8-12(15)11-9-16-13-7-5-4-6-10(11)13/h4-7,9H,3,8H2,1-2H3. The number of benzene rings is 1. The molecule has 0 aliphatic heterocycles. The zero-order valence-electron chi connectivity index (χ0n) is 9.56. The molecule has 3 heteroatoms. The molecule has 84 valence electrons. The quantitative estimate of drug-likeness (QED) is 0.738. The Kier molecular flexibility index (Phi) is 3.06. The maximum absolute atomic E-state index is 12.0. The van der Waals surface area contributed by atoms with Gasteiger partial charge in [-0.1, -0.05) is 25.1 Å². The maximum Gasteiger partial charge on any atom is 0.180 e. The Bertz CT molecular complexity index is 501. The lowest BCUT2D eigenvalue weighted by atomic mass is 10.1. The first-order chi connectivity index (χ1) is 7.72. The summed E-state index contributed by atoms with van der Waals surface area (Å²) in [5.41, 5.74) is 1.45. The normalized spacial score (nSPS) is 11.2. The van der Waals surface area contributed by atoms with Crippen molar-refractivity contribution in [3.8, 4) is 0 Å². The van der Waals surface area contributed by atoms with Crippen LogP contribution >= 0.6 is 0 Å². The van der Waals surface area contributed by atoms with Gasteiger partial charge in [-0.2, -0.15) is 0 Å². The van der Waals surface area contributed by atoms with E-state index in [0.717, 1.165) is 17.5 Å². The van der Waals surface area contributed by atoms with E-state index in [1.54, 1.807) is 6.26 Å². The minimum absolute atomic E-state index is 0.106. The molecule has 0 unspecified atom stereocenters. The Morgan fingerprint density at radius 3 is 2.88 bits per heavy atom. The molecule has 0 saturated carbocycles. The minimum Gasteiger partial charge on any atom is -0.464 e. The first-order valence-electron chi connectivity index (χ1n) is 5.40. The topological polar surface area (TPSA) is 33.5 Å². The van der Waals surface area contributed by atoms with Crippen molar-refractivity contribution in [3.63, 3.8) is 0 Å². The highest BCUT2D eigenvalue weighted by Crippen LogP contribution is 2.21. The van der Waals surface area contributed by atoms with Crippen LogP contribution in [0.25, 0.3) is 11.0 Å². The average Bonchev–Trinajstić information content (AvgIpc) is 2.72. The van der Waals surface area contributed by atoms with Crippen LogP contribution in [-0.4, -0.2) is 30.8 Å². The monoisotopic (exact) mass is 217 g/mol. The van der Waals surface area contributed by atoms with Gasteiger partial charge in [0, 0.05) is 5.39 Å². The van der Waals surface area contributed by atoms with Gasteiger partial charge in [0.1, 0.15) is 11.8 Å². The summed E-state index contributed by atoms with van der Waals surface area (Å²) in [5.74, 6) is 0.106. The molecule has 1 heterocycles. The Hall–Kier alpha value is -1.61. The smallest absolute Gasteiger partial charge is 0.180 e. The van der Waals surface area contributed by atoms with Gasteiger partial charge in [0.2, 0.25) is 0 Å². The second-order valence-electron chi connectivity index (χ2n) is 3.90. The molecule has 0 aliphatic rings. The number of carbonyl (C=O) groups is 1. The molecule has 3 nitrogen and oxygen atoms in total. The zero-order chi connectivity index (χ0) is 11.5. The van der Waals surface area contributed by atoms with Crippen LogP contribution in [0.15, 0.2) is 34.9 Å². The number of ketones is 1. The molecule has 0 N–H and O–H groups in total. The van der Waals surface area contributed by atoms with Crippen LogP contribution in [0, 0.1) is 0 Å². The third-order valence-corrected chi connectivity index (χ3v) is 2.73. The van der Waals surface area contributed by atoms with Crippen LogP contribution < -0.4 is 0 Å². The highest BCUT2D eigenvalue weighted by atomic mass is 16.3. The van der Waals surface area contributed by atoms with Crippen molar-refractivity contribution in [1.82, 2.24) is 4.90 Å². The molecular formula is C13H15NO2. The van der Waals surface area contributed by atoms with Crippen molar-refractivity contribution in [1.29, 1.82) is 0 Å². The van der Waals surface area contributed by atoms with Gasteiger partial charge in [0.25, 0.3) is 0 Å². The number of Topliss-reactive ketones (excluding diaryl/α,β-unsaturated/α-hetero) is 1. The fraction of sp³-hybridized carbons (Fsp3) is 0.308. The fourth-order valence-corrected chi connectivity index (χ4v) is 1.64. The molecule has 16 heavy (non-hydrogen) atoms. The van der Waals surface area contributed by atoms with Gasteiger partial charge in [-0.15, -0.1) is 0 Å². The van der Waals surface area contributed by atoms with Crippen molar-refractivity contribution in [3.05, 3.63) is 36.1 Å². The fourth-order valence-electron chi connectivity index (χ4n) is 1.64. The number of hydrogen-bond donors (Lipinski definition) is 0. The van der Waals surface area contributed by atoms with Gasteiger partial charge < -0.3 is 4.42 Å². The molecule has 1 aromatic carbocycles. The van der Waals surface area contributed by atoms with Crippen LogP contribution in [-0.2, 0) is 0 Å². The van der Waals surface area contributed by atoms with Crippen molar-refractivity contribution >= 4 is 16.8 Å². The predicted octanol–water partition coefficient (Wildman–Crippen LogP) is 2.57. The van der Waals surface area contributed by atoms with Crippen molar-refractivity contribution < 1.29 is 9.21 Å². The largest absolute Gasteiger partial charge is 0.464 e. The molecule has 1 aromatic heterocycles. The number of fused-ring (bicyclic) bond motifs is 1. The Morgan fingerprint density at radius 1 is 1.38 bits per heavy atom. The lowest BCUT2D eigenvalue weighted by Gasteiger charge is -2.11. The molecule has 0 radical (unpaired) electrons. The van der Waals surface area contributed by atoms with Crippen molar-refractivity contribution in [2.24, 2.45) is 0 Å². The molecule has 0 bridgehead atoms. The van der Waals surface area contributed by atoms with Gasteiger partial charge in [0.05, 0.1) is 12.1 Å². The van der Waals surface area contributed by atoms with Crippen LogP contribution in [0.1, 0.15) is 17.3 Å². The van der Waals surface area contributed by atoms with Gasteiger partial charge in [0.15, 0.2) is 5.78 Å². The summed E-state index contributed by atoms with van der Waals surface area (Å²) in [4.78, 5) is 14.0. The lowest BCUT2D eigenvalue weighted by Crippen LogP contribution is -2.25. The molecule has 0 aliphatic carbocycles.